The molecule has 0 aliphatic heterocycles. The second kappa shape index (κ2) is 8.37. The van der Waals surface area contributed by atoms with Gasteiger partial charge in [0.2, 0.25) is 5.91 Å². The van der Waals surface area contributed by atoms with Gasteiger partial charge in [-0.05, 0) is 43.4 Å². The zero-order valence-corrected chi connectivity index (χ0v) is 18.3. The minimum atomic E-state index is -0.586. The summed E-state index contributed by atoms with van der Waals surface area (Å²) >= 11 is 8.55. The first-order valence-electron chi connectivity index (χ1n) is 9.23. The Morgan fingerprint density at radius 2 is 2.17 bits per heavy atom. The summed E-state index contributed by atoms with van der Waals surface area (Å²) in [5.41, 5.74) is 0.805. The van der Waals surface area contributed by atoms with Crippen molar-refractivity contribution in [3.05, 3.63) is 54.1 Å². The molecule has 1 aliphatic carbocycles. The van der Waals surface area contributed by atoms with Gasteiger partial charge in [-0.1, -0.05) is 23.4 Å². The predicted octanol–water partition coefficient (Wildman–Crippen LogP) is 4.17. The average Bonchev–Trinajstić information content (AvgIpc) is 3.08. The van der Waals surface area contributed by atoms with E-state index in [1.165, 1.54) is 27.6 Å². The van der Waals surface area contributed by atoms with Crippen LogP contribution in [0, 0.1) is 10.1 Å². The van der Waals surface area contributed by atoms with Crippen molar-refractivity contribution >= 4 is 62.2 Å². The minimum Gasteiger partial charge on any atom is -0.320 e. The van der Waals surface area contributed by atoms with Crippen LogP contribution in [-0.4, -0.2) is 26.1 Å². The van der Waals surface area contributed by atoms with Crippen LogP contribution in [0.3, 0.4) is 0 Å². The number of anilines is 1. The van der Waals surface area contributed by atoms with E-state index >= 15 is 0 Å². The monoisotopic (exact) mass is 464 g/mol. The smallest absolute Gasteiger partial charge is 0.292 e. The molecule has 0 atom stereocenters. The Morgan fingerprint density at radius 1 is 1.40 bits per heavy atom. The molecule has 1 aliphatic rings. The average molecular weight is 465 g/mol. The van der Waals surface area contributed by atoms with Crippen LogP contribution >= 0.6 is 34.7 Å². The van der Waals surface area contributed by atoms with E-state index in [1.54, 1.807) is 18.4 Å². The van der Waals surface area contributed by atoms with E-state index in [2.05, 4.69) is 10.3 Å². The molecule has 3 aromatic rings. The van der Waals surface area contributed by atoms with Crippen molar-refractivity contribution in [2.24, 2.45) is 7.05 Å². The molecule has 30 heavy (non-hydrogen) atoms. The van der Waals surface area contributed by atoms with Crippen LogP contribution in [0.15, 0.2) is 28.2 Å². The molecule has 2 aromatic heterocycles. The number of hydrogen-bond acceptors (Lipinski definition) is 7. The summed E-state index contributed by atoms with van der Waals surface area (Å²) in [7, 11) is 1.64. The van der Waals surface area contributed by atoms with Crippen molar-refractivity contribution in [3.8, 4) is 0 Å². The maximum atomic E-state index is 12.9. The molecule has 1 amide bonds. The van der Waals surface area contributed by atoms with Gasteiger partial charge in [0.05, 0.1) is 16.1 Å². The standard InChI is InChI=1S/C19H17ClN4O4S2/c1-23-18(26)16-11-4-2-3-5-14(11)30-17(16)22-19(23)29-9-15(25)21-12-8-10(20)6-7-13(12)24(27)28/h6-8H,2-5,9H2,1H3,(H,21,25). The number of rotatable bonds is 5. The normalized spacial score (nSPS) is 13.3. The lowest BCUT2D eigenvalue weighted by Gasteiger charge is -2.11. The molecule has 0 radical (unpaired) electrons. The third-order valence-electron chi connectivity index (χ3n) is 4.92. The highest BCUT2D eigenvalue weighted by Gasteiger charge is 2.22. The van der Waals surface area contributed by atoms with E-state index < -0.39 is 10.8 Å². The largest absolute Gasteiger partial charge is 0.320 e. The number of fused-ring (bicyclic) bond motifs is 3. The van der Waals surface area contributed by atoms with Crippen LogP contribution in [0.25, 0.3) is 10.2 Å². The number of carbonyl (C=O) groups is 1. The molecule has 2 heterocycles. The van der Waals surface area contributed by atoms with Crippen LogP contribution in [0.4, 0.5) is 11.4 Å². The molecule has 1 N–H and O–H groups in total. The van der Waals surface area contributed by atoms with Crippen LogP contribution in [-0.2, 0) is 24.7 Å². The number of nitro groups is 1. The molecule has 0 bridgehead atoms. The number of thioether (sulfide) groups is 1. The Morgan fingerprint density at radius 3 is 2.93 bits per heavy atom. The van der Waals surface area contributed by atoms with Gasteiger partial charge in [-0.2, -0.15) is 0 Å². The minimum absolute atomic E-state index is 0.0290. The van der Waals surface area contributed by atoms with E-state index in [0.29, 0.717) is 15.4 Å². The third kappa shape index (κ3) is 3.94. The quantitative estimate of drug-likeness (QED) is 0.263. The first kappa shape index (κ1) is 20.8. The third-order valence-corrected chi connectivity index (χ3v) is 7.37. The van der Waals surface area contributed by atoms with Gasteiger partial charge in [-0.15, -0.1) is 11.3 Å². The number of aromatic nitrogens is 2. The van der Waals surface area contributed by atoms with Gasteiger partial charge in [0.15, 0.2) is 5.16 Å². The number of benzene rings is 1. The van der Waals surface area contributed by atoms with Crippen LogP contribution in [0.2, 0.25) is 5.02 Å². The molecule has 1 aromatic carbocycles. The van der Waals surface area contributed by atoms with Gasteiger partial charge in [-0.3, -0.25) is 24.3 Å². The molecule has 0 saturated carbocycles. The number of amides is 1. The lowest BCUT2D eigenvalue weighted by molar-refractivity contribution is -0.383. The summed E-state index contributed by atoms with van der Waals surface area (Å²) in [5.74, 6) is -0.509. The molecule has 0 saturated heterocycles. The zero-order valence-electron chi connectivity index (χ0n) is 15.9. The number of nitrogens with zero attached hydrogens (tertiary/aromatic N) is 3. The topological polar surface area (TPSA) is 107 Å². The van der Waals surface area contributed by atoms with Crippen LogP contribution in [0.5, 0.6) is 0 Å². The molecular weight excluding hydrogens is 448 g/mol. The molecule has 11 heteroatoms. The summed E-state index contributed by atoms with van der Waals surface area (Å²) < 4.78 is 1.46. The number of aryl methyl sites for hydroxylation is 2. The Balaban J connectivity index is 1.55. The van der Waals surface area contributed by atoms with Gasteiger partial charge in [0, 0.05) is 23.0 Å². The molecule has 0 fully saturated rings. The Hall–Kier alpha value is -2.43. The van der Waals surface area contributed by atoms with E-state index in [1.807, 2.05) is 0 Å². The number of hydrogen-bond donors (Lipinski definition) is 1. The Kier molecular flexibility index (Phi) is 5.81. The highest BCUT2D eigenvalue weighted by Crippen LogP contribution is 2.34. The molecule has 0 spiro atoms. The number of carbonyl (C=O) groups excluding carboxylic acids is 1. The van der Waals surface area contributed by atoms with Crippen molar-refractivity contribution in [2.75, 3.05) is 11.1 Å². The molecule has 156 valence electrons. The first-order valence-corrected chi connectivity index (χ1v) is 11.4. The highest BCUT2D eigenvalue weighted by molar-refractivity contribution is 7.99. The van der Waals surface area contributed by atoms with E-state index in [4.69, 9.17) is 11.6 Å². The number of thiophene rings is 1. The summed E-state index contributed by atoms with van der Waals surface area (Å²) in [5, 5.41) is 15.1. The maximum absolute atomic E-state index is 12.9. The van der Waals surface area contributed by atoms with Gasteiger partial charge >= 0.3 is 0 Å². The van der Waals surface area contributed by atoms with E-state index in [-0.39, 0.29) is 27.7 Å². The Bertz CT molecular complexity index is 1240. The number of nitro benzene ring substituents is 1. The maximum Gasteiger partial charge on any atom is 0.292 e. The lowest BCUT2D eigenvalue weighted by Crippen LogP contribution is -2.22. The van der Waals surface area contributed by atoms with Gasteiger partial charge in [-0.25, -0.2) is 4.98 Å². The zero-order chi connectivity index (χ0) is 21.4. The van der Waals surface area contributed by atoms with Gasteiger partial charge in [0.25, 0.3) is 11.2 Å². The number of nitrogens with one attached hydrogen (secondary N) is 1. The first-order chi connectivity index (χ1) is 14.3. The fourth-order valence-electron chi connectivity index (χ4n) is 3.48. The van der Waals surface area contributed by atoms with E-state index in [9.17, 15) is 19.7 Å². The second-order valence-corrected chi connectivity index (χ2v) is 9.37. The predicted molar refractivity (Wildman–Crippen MR) is 119 cm³/mol. The van der Waals surface area contributed by atoms with Crippen molar-refractivity contribution < 1.29 is 9.72 Å². The van der Waals surface area contributed by atoms with Crippen LogP contribution < -0.4 is 10.9 Å². The van der Waals surface area contributed by atoms with Gasteiger partial charge in [0.1, 0.15) is 10.5 Å². The van der Waals surface area contributed by atoms with E-state index in [0.717, 1.165) is 43.0 Å². The summed E-state index contributed by atoms with van der Waals surface area (Å²) in [6, 6.07) is 3.96. The second-order valence-electron chi connectivity index (χ2n) is 6.91. The fraction of sp³-hybridized carbons (Fsp3) is 0.316. The summed E-state index contributed by atoms with van der Waals surface area (Å²) in [6.45, 7) is 0. The highest BCUT2D eigenvalue weighted by atomic mass is 35.5. The molecule has 0 unspecified atom stereocenters. The molecule has 8 nitrogen and oxygen atoms in total. The molecular formula is C19H17ClN4O4S2. The lowest BCUT2D eigenvalue weighted by atomic mass is 9.97. The number of halogens is 1. The van der Waals surface area contributed by atoms with Gasteiger partial charge < -0.3 is 5.32 Å². The Labute approximate surface area is 184 Å². The van der Waals surface area contributed by atoms with Crippen molar-refractivity contribution in [1.29, 1.82) is 0 Å². The van der Waals surface area contributed by atoms with Crippen molar-refractivity contribution in [1.82, 2.24) is 9.55 Å². The fourth-order valence-corrected chi connectivity index (χ4v) is 5.73. The van der Waals surface area contributed by atoms with Crippen molar-refractivity contribution in [2.45, 2.75) is 30.8 Å². The SMILES string of the molecule is Cn1c(SCC(=O)Nc2cc(Cl)ccc2[N+](=O)[O-])nc2sc3c(c2c1=O)CCCC3. The molecule has 4 rings (SSSR count). The summed E-state index contributed by atoms with van der Waals surface area (Å²) in [4.78, 5) is 42.4. The van der Waals surface area contributed by atoms with Crippen molar-refractivity contribution in [3.63, 3.8) is 0 Å². The summed E-state index contributed by atoms with van der Waals surface area (Å²) in [6.07, 6.45) is 4.08. The van der Waals surface area contributed by atoms with Crippen LogP contribution in [0.1, 0.15) is 23.3 Å².